The van der Waals surface area contributed by atoms with Gasteiger partial charge in [-0.25, -0.2) is 0 Å². The van der Waals surface area contributed by atoms with E-state index in [1.165, 1.54) is 11.1 Å². The van der Waals surface area contributed by atoms with E-state index in [1.54, 1.807) is 18.6 Å². The Morgan fingerprint density at radius 1 is 0.971 bits per heavy atom. The van der Waals surface area contributed by atoms with Crippen LogP contribution >= 0.6 is 0 Å². The number of nitrogens with zero attached hydrogens (tertiary/aromatic N) is 3. The summed E-state index contributed by atoms with van der Waals surface area (Å²) < 4.78 is 6.80. The van der Waals surface area contributed by atoms with E-state index in [2.05, 4.69) is 22.1 Å². The number of piperidine rings is 3. The molecule has 1 amide bonds. The summed E-state index contributed by atoms with van der Waals surface area (Å²) in [6.07, 6.45) is 7.15. The van der Waals surface area contributed by atoms with Gasteiger partial charge >= 0.3 is 5.97 Å². The van der Waals surface area contributed by atoms with Crippen LogP contribution in [-0.2, 0) is 20.7 Å². The average Bonchev–Trinajstić information content (AvgIpc) is 2.88. The maximum absolute atomic E-state index is 13.8. The number of amides is 1. The zero-order chi connectivity index (χ0) is 24.0. The Morgan fingerprint density at radius 2 is 1.63 bits per heavy atom. The second-order valence-electron chi connectivity index (χ2n) is 10.1. The molecule has 1 unspecified atom stereocenters. The van der Waals surface area contributed by atoms with Crippen LogP contribution in [0, 0.1) is 5.92 Å². The average molecular weight is 470 g/mol. The zero-order valence-corrected chi connectivity index (χ0v) is 19.5. The van der Waals surface area contributed by atoms with Crippen LogP contribution in [0.4, 0.5) is 0 Å². The van der Waals surface area contributed by atoms with Crippen LogP contribution in [0.2, 0.25) is 0 Å². The van der Waals surface area contributed by atoms with Crippen molar-refractivity contribution in [2.24, 2.45) is 11.7 Å². The third-order valence-electron chi connectivity index (χ3n) is 8.26. The van der Waals surface area contributed by atoms with Crippen molar-refractivity contribution in [3.05, 3.63) is 95.1 Å². The smallest absolute Gasteiger partial charge is 0.318 e. The van der Waals surface area contributed by atoms with E-state index < -0.39 is 17.9 Å². The van der Waals surface area contributed by atoms with Crippen LogP contribution < -0.4 is 5.73 Å². The van der Waals surface area contributed by atoms with E-state index >= 15 is 0 Å². The third-order valence-corrected chi connectivity index (χ3v) is 8.26. The van der Waals surface area contributed by atoms with Crippen LogP contribution in [0.15, 0.2) is 67.1 Å². The van der Waals surface area contributed by atoms with Crippen molar-refractivity contribution in [3.63, 3.8) is 0 Å². The van der Waals surface area contributed by atoms with Crippen molar-refractivity contribution >= 4 is 11.9 Å². The van der Waals surface area contributed by atoms with Crippen molar-refractivity contribution < 1.29 is 18.8 Å². The minimum atomic E-state index is -0.595. The minimum absolute atomic E-state index is 0.211. The summed E-state index contributed by atoms with van der Waals surface area (Å²) in [5, 5.41) is 0. The molecule has 3 aliphatic heterocycles. The SMILES string of the molecule is NC(=O)C(c1cnccn1)[N+]12CCC(CC1)[C@@H](OC(=O)C1c3ccccc3Cc3ccccc31)C2. The quantitative estimate of drug-likeness (QED) is 0.458. The predicted molar refractivity (Wildman–Crippen MR) is 129 cm³/mol. The molecule has 0 saturated carbocycles. The molecule has 2 atom stereocenters. The lowest BCUT2D eigenvalue weighted by Gasteiger charge is -2.54. The summed E-state index contributed by atoms with van der Waals surface area (Å²) in [6.45, 7) is 2.20. The number of hydrogen-bond acceptors (Lipinski definition) is 5. The highest BCUT2D eigenvalue weighted by Crippen LogP contribution is 2.43. The first-order valence-corrected chi connectivity index (χ1v) is 12.3. The first-order valence-electron chi connectivity index (χ1n) is 12.3. The molecule has 35 heavy (non-hydrogen) atoms. The lowest BCUT2D eigenvalue weighted by Crippen LogP contribution is -2.67. The first-order chi connectivity index (χ1) is 17.1. The van der Waals surface area contributed by atoms with Gasteiger partial charge in [-0.2, -0.15) is 0 Å². The van der Waals surface area contributed by atoms with Crippen LogP contribution in [0.5, 0.6) is 0 Å². The Labute approximate surface area is 204 Å². The number of benzene rings is 2. The minimum Gasteiger partial charge on any atom is -0.455 e. The van der Waals surface area contributed by atoms with Gasteiger partial charge in [-0.3, -0.25) is 19.6 Å². The van der Waals surface area contributed by atoms with E-state index in [-0.39, 0.29) is 12.1 Å². The Bertz CT molecular complexity index is 1220. The van der Waals surface area contributed by atoms with E-state index in [9.17, 15) is 9.59 Å². The molecule has 4 heterocycles. The Hall–Kier alpha value is -3.58. The zero-order valence-electron chi connectivity index (χ0n) is 19.5. The van der Waals surface area contributed by atoms with Crippen LogP contribution in [0.25, 0.3) is 0 Å². The monoisotopic (exact) mass is 469 g/mol. The maximum atomic E-state index is 13.8. The van der Waals surface area contributed by atoms with E-state index in [1.807, 2.05) is 36.4 Å². The van der Waals surface area contributed by atoms with E-state index in [0.717, 1.165) is 43.5 Å². The molecule has 7 heteroatoms. The molecule has 7 nitrogen and oxygen atoms in total. The molecule has 178 valence electrons. The number of hydrogen-bond donors (Lipinski definition) is 1. The topological polar surface area (TPSA) is 95.2 Å². The molecule has 3 aromatic rings. The Morgan fingerprint density at radius 3 is 2.23 bits per heavy atom. The largest absolute Gasteiger partial charge is 0.455 e. The fourth-order valence-corrected chi connectivity index (χ4v) is 6.61. The number of carbonyl (C=O) groups is 2. The molecule has 2 aromatic carbocycles. The highest BCUT2D eigenvalue weighted by Gasteiger charge is 2.54. The summed E-state index contributed by atoms with van der Waals surface area (Å²) >= 11 is 0. The fraction of sp³-hybridized carbons (Fsp3) is 0.357. The van der Waals surface area contributed by atoms with Gasteiger partial charge in [-0.15, -0.1) is 0 Å². The Kier molecular flexibility index (Phi) is 5.37. The summed E-state index contributed by atoms with van der Waals surface area (Å²) in [5.41, 5.74) is 10.9. The highest BCUT2D eigenvalue weighted by atomic mass is 16.5. The number of ether oxygens (including phenoxy) is 1. The van der Waals surface area contributed by atoms with Gasteiger partial charge < -0.3 is 15.0 Å². The number of quaternary nitrogens is 1. The Balaban J connectivity index is 1.30. The normalized spacial score (nSPS) is 25.8. The van der Waals surface area contributed by atoms with Crippen LogP contribution in [-0.4, -0.2) is 52.1 Å². The molecule has 0 radical (unpaired) electrons. The number of fused-ring (bicyclic) bond motifs is 5. The molecule has 7 rings (SSSR count). The molecule has 3 saturated heterocycles. The van der Waals surface area contributed by atoms with Crippen molar-refractivity contribution in [2.75, 3.05) is 19.6 Å². The molecule has 2 bridgehead atoms. The molecular weight excluding hydrogens is 440 g/mol. The molecule has 1 aromatic heterocycles. The number of nitrogens with two attached hydrogens (primary N) is 1. The summed E-state index contributed by atoms with van der Waals surface area (Å²) in [7, 11) is 0. The molecule has 4 aliphatic rings. The van der Waals surface area contributed by atoms with E-state index in [4.69, 9.17) is 10.5 Å². The van der Waals surface area contributed by atoms with Gasteiger partial charge in [-0.05, 0) is 28.7 Å². The van der Waals surface area contributed by atoms with Gasteiger partial charge in [0.05, 0.1) is 19.3 Å². The number of carbonyl (C=O) groups excluding carboxylic acids is 2. The first kappa shape index (κ1) is 21.9. The standard InChI is InChI=1S/C28H28N4O3/c29-27(33)26(23-16-30-11-12-31-23)32-13-9-18(10-14-32)24(17-32)35-28(34)25-21-7-3-1-5-19(21)15-20-6-2-4-8-22(20)25/h1-8,11-12,16,18,24-26H,9-10,13-15,17H2,(H-,29,33)/p+1/t18?,24-,26?,32?/m0/s1. The van der Waals surface area contributed by atoms with E-state index in [0.29, 0.717) is 22.6 Å². The number of aromatic nitrogens is 2. The highest BCUT2D eigenvalue weighted by molar-refractivity contribution is 5.84. The fourth-order valence-electron chi connectivity index (χ4n) is 6.61. The second kappa shape index (κ2) is 8.57. The van der Waals surface area contributed by atoms with Crippen molar-refractivity contribution in [2.45, 2.75) is 37.3 Å². The molecule has 1 aliphatic carbocycles. The predicted octanol–water partition coefficient (Wildman–Crippen LogP) is 2.89. The number of primary amides is 1. The lowest BCUT2D eigenvalue weighted by molar-refractivity contribution is -0.965. The number of esters is 1. The molecule has 2 N–H and O–H groups in total. The summed E-state index contributed by atoms with van der Waals surface area (Å²) in [5.74, 6) is -0.766. The number of rotatable bonds is 5. The molecule has 0 spiro atoms. The van der Waals surface area contributed by atoms with Gasteiger partial charge in [0.25, 0.3) is 5.91 Å². The molecule has 3 fully saturated rings. The van der Waals surface area contributed by atoms with Gasteiger partial charge in [0.2, 0.25) is 6.04 Å². The van der Waals surface area contributed by atoms with Gasteiger partial charge in [0, 0.05) is 31.2 Å². The van der Waals surface area contributed by atoms with Gasteiger partial charge in [0.15, 0.2) is 6.10 Å². The maximum Gasteiger partial charge on any atom is 0.318 e. The van der Waals surface area contributed by atoms with Gasteiger partial charge in [-0.1, -0.05) is 48.5 Å². The van der Waals surface area contributed by atoms with Crippen molar-refractivity contribution in [1.29, 1.82) is 0 Å². The third kappa shape index (κ3) is 3.71. The lowest BCUT2D eigenvalue weighted by atomic mass is 9.77. The van der Waals surface area contributed by atoms with Crippen molar-refractivity contribution in [3.8, 4) is 0 Å². The van der Waals surface area contributed by atoms with Crippen LogP contribution in [0.1, 0.15) is 52.7 Å². The van der Waals surface area contributed by atoms with Crippen molar-refractivity contribution in [1.82, 2.24) is 9.97 Å². The summed E-state index contributed by atoms with van der Waals surface area (Å²) in [4.78, 5) is 35.0. The van der Waals surface area contributed by atoms with Gasteiger partial charge in [0.1, 0.15) is 18.2 Å². The van der Waals surface area contributed by atoms with Crippen LogP contribution in [0.3, 0.4) is 0 Å². The summed E-state index contributed by atoms with van der Waals surface area (Å²) in [6, 6.07) is 15.7. The molecular formula is C28H29N4O3+. The second-order valence-corrected chi connectivity index (χ2v) is 10.1.